The molecule has 7 nitrogen and oxygen atoms in total. The maximum atomic E-state index is 14.7. The first-order valence-electron chi connectivity index (χ1n) is 12.9. The number of carbonyl (C=O) groups excluding carboxylic acids is 2. The van der Waals surface area contributed by atoms with Crippen molar-refractivity contribution in [3.8, 4) is 22.4 Å². The molecule has 0 spiro atoms. The van der Waals surface area contributed by atoms with Gasteiger partial charge in [-0.2, -0.15) is 0 Å². The molecule has 0 bridgehead atoms. The third-order valence-corrected chi connectivity index (χ3v) is 9.99. The Morgan fingerprint density at radius 1 is 1.05 bits per heavy atom. The lowest BCUT2D eigenvalue weighted by atomic mass is 9.96. The Balaban J connectivity index is 1.64. The Morgan fingerprint density at radius 3 is 2.51 bits per heavy atom. The summed E-state index contributed by atoms with van der Waals surface area (Å²) in [5.74, 6) is -1.04. The Labute approximate surface area is 240 Å². The molecule has 208 valence electrons. The van der Waals surface area contributed by atoms with Crippen LogP contribution in [0.1, 0.15) is 15.2 Å². The van der Waals surface area contributed by atoms with E-state index >= 15 is 0 Å². The number of fused-ring (bicyclic) bond motifs is 1. The third kappa shape index (κ3) is 4.53. The van der Waals surface area contributed by atoms with E-state index in [0.29, 0.717) is 51.3 Å². The molecule has 0 saturated carbocycles. The number of thiophene rings is 1. The van der Waals surface area contributed by atoms with Crippen LogP contribution in [0.5, 0.6) is 0 Å². The fraction of sp³-hybridized carbons (Fsp3) is 0.161. The number of halogens is 1. The molecule has 0 radical (unpaired) electrons. The van der Waals surface area contributed by atoms with Crippen LogP contribution >= 0.6 is 11.3 Å². The summed E-state index contributed by atoms with van der Waals surface area (Å²) in [6.07, 6.45) is 0.726. The van der Waals surface area contributed by atoms with Crippen LogP contribution in [0.25, 0.3) is 33.3 Å². The quantitative estimate of drug-likeness (QED) is 0.168. The molecule has 0 aliphatic carbocycles. The molecular weight excluding hydrogens is 563 g/mol. The van der Waals surface area contributed by atoms with Gasteiger partial charge >= 0.3 is 5.97 Å². The minimum atomic E-state index is -4.18. The molecule has 6 rings (SSSR count). The van der Waals surface area contributed by atoms with Gasteiger partial charge in [0.1, 0.15) is 5.82 Å². The van der Waals surface area contributed by atoms with E-state index in [2.05, 4.69) is 0 Å². The van der Waals surface area contributed by atoms with E-state index in [1.54, 1.807) is 41.8 Å². The zero-order valence-corrected chi connectivity index (χ0v) is 23.8. The second-order valence-corrected chi connectivity index (χ2v) is 12.7. The van der Waals surface area contributed by atoms with E-state index in [0.717, 1.165) is 17.5 Å². The molecule has 1 saturated heterocycles. The van der Waals surface area contributed by atoms with Crippen LogP contribution in [-0.4, -0.2) is 44.8 Å². The van der Waals surface area contributed by atoms with Gasteiger partial charge in [-0.3, -0.25) is 9.59 Å². The summed E-state index contributed by atoms with van der Waals surface area (Å²) in [4.78, 5) is 26.5. The van der Waals surface area contributed by atoms with Crippen LogP contribution in [0.15, 0.2) is 83.1 Å². The van der Waals surface area contributed by atoms with Crippen molar-refractivity contribution >= 4 is 50.2 Å². The molecule has 0 N–H and O–H groups in total. The summed E-state index contributed by atoms with van der Waals surface area (Å²) in [6, 6.07) is 19.7. The SMILES string of the molecule is COC(=O)C1CN(c2cccc(-c3c(-c4ccsc4C=O)c4cc(F)ccc4n3S(=O)(=O)c3ccc(C)cc3)c2)C1. The number of nitrogens with zero attached hydrogens (tertiary/aromatic N) is 2. The van der Waals surface area contributed by atoms with Crippen molar-refractivity contribution < 1.29 is 27.1 Å². The molecule has 1 fully saturated rings. The van der Waals surface area contributed by atoms with Crippen molar-refractivity contribution in [2.24, 2.45) is 5.92 Å². The molecule has 2 aromatic heterocycles. The Kier molecular flexibility index (Phi) is 6.75. The highest BCUT2D eigenvalue weighted by atomic mass is 32.2. The van der Waals surface area contributed by atoms with Gasteiger partial charge in [0.2, 0.25) is 0 Å². The van der Waals surface area contributed by atoms with E-state index < -0.39 is 15.8 Å². The number of aldehydes is 1. The van der Waals surface area contributed by atoms with Crippen LogP contribution in [0.2, 0.25) is 0 Å². The second-order valence-electron chi connectivity index (χ2n) is 9.96. The summed E-state index contributed by atoms with van der Waals surface area (Å²) in [7, 11) is -2.81. The molecule has 0 unspecified atom stereocenters. The van der Waals surface area contributed by atoms with Crippen molar-refractivity contribution in [3.63, 3.8) is 0 Å². The number of ether oxygens (including phenoxy) is 1. The molecule has 3 aromatic carbocycles. The Morgan fingerprint density at radius 2 is 1.80 bits per heavy atom. The van der Waals surface area contributed by atoms with E-state index in [4.69, 9.17) is 4.74 Å². The van der Waals surface area contributed by atoms with Gasteiger partial charge in [-0.05, 0) is 60.8 Å². The number of benzene rings is 3. The van der Waals surface area contributed by atoms with Crippen LogP contribution in [0, 0.1) is 18.7 Å². The lowest BCUT2D eigenvalue weighted by molar-refractivity contribution is -0.146. The van der Waals surface area contributed by atoms with Crippen LogP contribution in [0.4, 0.5) is 10.1 Å². The van der Waals surface area contributed by atoms with Crippen molar-refractivity contribution in [1.29, 1.82) is 0 Å². The highest BCUT2D eigenvalue weighted by Gasteiger charge is 2.35. The van der Waals surface area contributed by atoms with Gasteiger partial charge in [0, 0.05) is 40.9 Å². The fourth-order valence-electron chi connectivity index (χ4n) is 5.31. The van der Waals surface area contributed by atoms with Gasteiger partial charge in [0.25, 0.3) is 10.0 Å². The number of methoxy groups -OCH3 is 1. The molecule has 1 aliphatic heterocycles. The van der Waals surface area contributed by atoms with Gasteiger partial charge < -0.3 is 9.64 Å². The highest BCUT2D eigenvalue weighted by Crippen LogP contribution is 2.45. The average Bonchev–Trinajstić information content (AvgIpc) is 3.54. The number of anilines is 1. The van der Waals surface area contributed by atoms with Crippen LogP contribution in [0.3, 0.4) is 0 Å². The zero-order valence-electron chi connectivity index (χ0n) is 22.2. The van der Waals surface area contributed by atoms with Crippen molar-refractivity contribution in [2.75, 3.05) is 25.1 Å². The van der Waals surface area contributed by atoms with E-state index in [9.17, 15) is 22.4 Å². The molecule has 1 aliphatic rings. The number of carbonyl (C=O) groups is 2. The monoisotopic (exact) mass is 588 g/mol. The predicted octanol–water partition coefficient (Wildman–Crippen LogP) is 6.14. The average molecular weight is 589 g/mol. The summed E-state index contributed by atoms with van der Waals surface area (Å²) in [5, 5.41) is 2.13. The second kappa shape index (κ2) is 10.3. The van der Waals surface area contributed by atoms with E-state index in [-0.39, 0.29) is 16.8 Å². The molecular formula is C31H25FN2O5S2. The van der Waals surface area contributed by atoms with Gasteiger partial charge in [-0.25, -0.2) is 16.8 Å². The lowest BCUT2D eigenvalue weighted by Gasteiger charge is -2.39. The largest absolute Gasteiger partial charge is 0.469 e. The summed E-state index contributed by atoms with van der Waals surface area (Å²) in [5.41, 5.74) is 3.85. The number of esters is 1. The fourth-order valence-corrected chi connectivity index (χ4v) is 7.56. The number of rotatable bonds is 7. The van der Waals surface area contributed by atoms with Gasteiger partial charge in [0.15, 0.2) is 6.29 Å². The van der Waals surface area contributed by atoms with Crippen LogP contribution < -0.4 is 4.90 Å². The minimum absolute atomic E-state index is 0.0814. The first-order valence-corrected chi connectivity index (χ1v) is 15.2. The molecule has 0 amide bonds. The normalized spacial score (nSPS) is 13.8. The Hall–Kier alpha value is -4.28. The molecule has 5 aromatic rings. The first-order chi connectivity index (χ1) is 19.7. The van der Waals surface area contributed by atoms with E-state index in [1.807, 2.05) is 30.0 Å². The van der Waals surface area contributed by atoms with Crippen LogP contribution in [-0.2, 0) is 19.6 Å². The number of aryl methyl sites for hydroxylation is 1. The maximum Gasteiger partial charge on any atom is 0.312 e. The van der Waals surface area contributed by atoms with Gasteiger partial charge in [0.05, 0.1) is 34.0 Å². The first kappa shape index (κ1) is 26.9. The summed E-state index contributed by atoms with van der Waals surface area (Å²) >= 11 is 1.23. The number of hydrogen-bond donors (Lipinski definition) is 0. The lowest BCUT2D eigenvalue weighted by Crippen LogP contribution is -2.50. The maximum absolute atomic E-state index is 14.7. The third-order valence-electron chi connectivity index (χ3n) is 7.42. The molecule has 10 heteroatoms. The smallest absolute Gasteiger partial charge is 0.312 e. The molecule has 3 heterocycles. The molecule has 0 atom stereocenters. The van der Waals surface area contributed by atoms with Crippen molar-refractivity contribution in [3.05, 3.63) is 94.4 Å². The Bertz CT molecular complexity index is 1920. The highest BCUT2D eigenvalue weighted by molar-refractivity contribution is 7.90. The standard InChI is InChI=1S/C31H25FN2O5S2/c1-19-6-9-24(10-7-19)41(37,38)34-27-11-8-22(32)15-26(27)29(25-12-13-40-28(25)18-35)30(34)20-4-3-5-23(14-20)33-16-21(17-33)31(36)39-2/h3-15,18,21H,16-17H2,1-2H3. The van der Waals surface area contributed by atoms with Crippen molar-refractivity contribution in [1.82, 2.24) is 3.97 Å². The summed E-state index contributed by atoms with van der Waals surface area (Å²) in [6.45, 7) is 2.81. The minimum Gasteiger partial charge on any atom is -0.469 e. The zero-order chi connectivity index (χ0) is 28.9. The van der Waals surface area contributed by atoms with Gasteiger partial charge in [-0.15, -0.1) is 11.3 Å². The topological polar surface area (TPSA) is 85.7 Å². The number of hydrogen-bond acceptors (Lipinski definition) is 7. The summed E-state index contributed by atoms with van der Waals surface area (Å²) < 4.78 is 49.6. The van der Waals surface area contributed by atoms with Gasteiger partial charge in [-0.1, -0.05) is 29.8 Å². The number of aromatic nitrogens is 1. The van der Waals surface area contributed by atoms with Crippen molar-refractivity contribution in [2.45, 2.75) is 11.8 Å². The molecule has 41 heavy (non-hydrogen) atoms. The van der Waals surface area contributed by atoms with E-state index in [1.165, 1.54) is 40.6 Å². The predicted molar refractivity (Wildman–Crippen MR) is 158 cm³/mol.